The highest BCUT2D eigenvalue weighted by molar-refractivity contribution is 6.08. The maximum Gasteiger partial charge on any atom is 0.260 e. The molecule has 10 nitrogen and oxygen atoms in total. The Morgan fingerprint density at radius 1 is 1.05 bits per heavy atom. The number of hydrogen-bond donors (Lipinski definition) is 1. The normalized spacial score (nSPS) is 23.7. The minimum Gasteiger partial charge on any atom is -0.372 e. The van der Waals surface area contributed by atoms with Crippen LogP contribution in [-0.2, 0) is 23.9 Å². The van der Waals surface area contributed by atoms with Crippen molar-refractivity contribution in [3.8, 4) is 0 Å². The van der Waals surface area contributed by atoms with Crippen molar-refractivity contribution in [3.63, 3.8) is 0 Å². The highest BCUT2D eigenvalue weighted by Gasteiger charge is 2.54. The van der Waals surface area contributed by atoms with Gasteiger partial charge in [-0.15, -0.1) is 0 Å². The molecule has 4 unspecified atom stereocenters. The van der Waals surface area contributed by atoms with E-state index in [1.165, 1.54) is 9.80 Å². The first kappa shape index (κ1) is 27.8. The van der Waals surface area contributed by atoms with Crippen LogP contribution in [0.2, 0.25) is 0 Å². The maximum atomic E-state index is 13.7. The molecule has 0 saturated carbocycles. The summed E-state index contributed by atoms with van der Waals surface area (Å²) < 4.78 is 5.32. The van der Waals surface area contributed by atoms with Crippen molar-refractivity contribution >= 4 is 35.0 Å². The molecular formula is C28H38N4O6. The number of carbonyl (C=O) groups is 5. The molecule has 4 atom stereocenters. The maximum absolute atomic E-state index is 13.7. The van der Waals surface area contributed by atoms with E-state index in [1.807, 2.05) is 26.0 Å². The lowest BCUT2D eigenvalue weighted by Gasteiger charge is -2.29. The van der Waals surface area contributed by atoms with Crippen LogP contribution >= 0.6 is 0 Å². The predicted molar refractivity (Wildman–Crippen MR) is 141 cm³/mol. The van der Waals surface area contributed by atoms with Gasteiger partial charge in [-0.05, 0) is 56.9 Å². The lowest BCUT2D eigenvalue weighted by Crippen LogP contribution is -2.53. The Labute approximate surface area is 223 Å². The molecule has 10 heteroatoms. The quantitative estimate of drug-likeness (QED) is 0.484. The van der Waals surface area contributed by atoms with Gasteiger partial charge in [0.25, 0.3) is 11.8 Å². The zero-order chi connectivity index (χ0) is 27.6. The standard InChI is InChI=1S/C28H38N4O6/c1-5-30(6-2)19-9-7-18(8-10-19)26(35)29-20(15-17(3)4)27(36)31-13-11-21-24(31)23(34)16-32(21)28(37)25-22(33)12-14-38-25/h7-10,17,20-21,24-25H,5-6,11-16H2,1-4H3,(H,29,35). The summed E-state index contributed by atoms with van der Waals surface area (Å²) in [6.07, 6.45) is -0.125. The molecule has 3 aliphatic rings. The number of Topliss-reactive ketones (excluding diaryl/α,β-unsaturated/α-hetero) is 2. The van der Waals surface area contributed by atoms with Crippen LogP contribution in [0.5, 0.6) is 0 Å². The van der Waals surface area contributed by atoms with Crippen LogP contribution < -0.4 is 10.2 Å². The molecule has 3 fully saturated rings. The fourth-order valence-electron chi connectivity index (χ4n) is 5.77. The Kier molecular flexibility index (Phi) is 8.50. The van der Waals surface area contributed by atoms with Gasteiger partial charge in [-0.25, -0.2) is 0 Å². The lowest BCUT2D eigenvalue weighted by atomic mass is 10.0. The molecule has 1 aromatic rings. The summed E-state index contributed by atoms with van der Waals surface area (Å²) in [4.78, 5) is 70.0. The number of ketones is 2. The molecule has 0 aliphatic carbocycles. The topological polar surface area (TPSA) is 116 Å². The molecule has 1 aromatic carbocycles. The molecule has 3 heterocycles. The summed E-state index contributed by atoms with van der Waals surface area (Å²) in [5.41, 5.74) is 1.48. The summed E-state index contributed by atoms with van der Waals surface area (Å²) in [6, 6.07) is 5.23. The Bertz CT molecular complexity index is 1080. The average molecular weight is 527 g/mol. The third-order valence-corrected chi connectivity index (χ3v) is 7.71. The van der Waals surface area contributed by atoms with Crippen molar-refractivity contribution in [2.45, 2.75) is 71.2 Å². The molecule has 3 saturated heterocycles. The van der Waals surface area contributed by atoms with Gasteiger partial charge in [0, 0.05) is 37.3 Å². The van der Waals surface area contributed by atoms with Crippen molar-refractivity contribution in [2.75, 3.05) is 37.7 Å². The molecule has 0 aromatic heterocycles. The minimum atomic E-state index is -1.16. The number of anilines is 1. The number of hydrogen-bond acceptors (Lipinski definition) is 7. The fraction of sp³-hybridized carbons (Fsp3) is 0.607. The third kappa shape index (κ3) is 5.45. The summed E-state index contributed by atoms with van der Waals surface area (Å²) >= 11 is 0. The van der Waals surface area contributed by atoms with Gasteiger partial charge in [0.15, 0.2) is 17.7 Å². The number of rotatable bonds is 9. The van der Waals surface area contributed by atoms with Gasteiger partial charge in [0.05, 0.1) is 19.2 Å². The Morgan fingerprint density at radius 3 is 2.32 bits per heavy atom. The molecule has 0 radical (unpaired) electrons. The number of ether oxygens (including phenoxy) is 1. The molecule has 0 spiro atoms. The summed E-state index contributed by atoms with van der Waals surface area (Å²) in [7, 11) is 0. The van der Waals surface area contributed by atoms with Crippen molar-refractivity contribution in [3.05, 3.63) is 29.8 Å². The van der Waals surface area contributed by atoms with Crippen LogP contribution in [0.1, 0.15) is 57.3 Å². The third-order valence-electron chi connectivity index (χ3n) is 7.71. The second-order valence-electron chi connectivity index (χ2n) is 10.6. The number of nitrogens with one attached hydrogen (secondary N) is 1. The number of carbonyl (C=O) groups excluding carboxylic acids is 5. The van der Waals surface area contributed by atoms with Crippen LogP contribution in [0.3, 0.4) is 0 Å². The Morgan fingerprint density at radius 2 is 1.74 bits per heavy atom. The van der Waals surface area contributed by atoms with E-state index in [9.17, 15) is 24.0 Å². The zero-order valence-corrected chi connectivity index (χ0v) is 22.6. The molecule has 4 rings (SSSR count). The first-order valence-electron chi connectivity index (χ1n) is 13.6. The van der Waals surface area contributed by atoms with Gasteiger partial charge in [-0.3, -0.25) is 24.0 Å². The van der Waals surface area contributed by atoms with E-state index >= 15 is 0 Å². The van der Waals surface area contributed by atoms with Gasteiger partial charge in [-0.1, -0.05) is 13.8 Å². The number of amides is 3. The van der Waals surface area contributed by atoms with E-state index in [0.717, 1.165) is 18.8 Å². The SMILES string of the molecule is CCN(CC)c1ccc(C(=O)NC(CC(C)C)C(=O)N2CCC3C2C(=O)CN3C(=O)C2OCCC2=O)cc1. The van der Waals surface area contributed by atoms with Crippen molar-refractivity contribution in [1.29, 1.82) is 0 Å². The first-order chi connectivity index (χ1) is 18.2. The van der Waals surface area contributed by atoms with Gasteiger partial charge in [-0.2, -0.15) is 0 Å². The number of benzene rings is 1. The predicted octanol–water partition coefficient (Wildman–Crippen LogP) is 1.42. The summed E-state index contributed by atoms with van der Waals surface area (Å²) in [5.74, 6) is -1.56. The smallest absolute Gasteiger partial charge is 0.260 e. The van der Waals surface area contributed by atoms with Crippen LogP contribution in [0.4, 0.5) is 5.69 Å². The van der Waals surface area contributed by atoms with E-state index in [-0.39, 0.29) is 48.9 Å². The van der Waals surface area contributed by atoms with Crippen molar-refractivity contribution in [1.82, 2.24) is 15.1 Å². The molecule has 38 heavy (non-hydrogen) atoms. The minimum absolute atomic E-state index is 0.121. The summed E-state index contributed by atoms with van der Waals surface area (Å²) in [6.45, 7) is 10.1. The molecule has 1 N–H and O–H groups in total. The Balaban J connectivity index is 1.47. The van der Waals surface area contributed by atoms with Crippen molar-refractivity contribution < 1.29 is 28.7 Å². The second kappa shape index (κ2) is 11.6. The summed E-state index contributed by atoms with van der Waals surface area (Å²) in [5, 5.41) is 2.90. The molecule has 0 bridgehead atoms. The monoisotopic (exact) mass is 526 g/mol. The molecule has 206 valence electrons. The van der Waals surface area contributed by atoms with E-state index < -0.39 is 30.1 Å². The van der Waals surface area contributed by atoms with Crippen LogP contribution in [0, 0.1) is 5.92 Å². The Hall–Kier alpha value is -3.27. The van der Waals surface area contributed by atoms with Gasteiger partial charge in [0.2, 0.25) is 5.91 Å². The van der Waals surface area contributed by atoms with Gasteiger partial charge >= 0.3 is 0 Å². The van der Waals surface area contributed by atoms with Crippen LogP contribution in [-0.4, -0.2) is 96.1 Å². The highest BCUT2D eigenvalue weighted by Crippen LogP contribution is 2.32. The molecule has 3 aliphatic heterocycles. The van der Waals surface area contributed by atoms with E-state index in [0.29, 0.717) is 24.9 Å². The first-order valence-corrected chi connectivity index (χ1v) is 13.6. The largest absolute Gasteiger partial charge is 0.372 e. The van der Waals surface area contributed by atoms with Gasteiger partial charge < -0.3 is 24.8 Å². The highest BCUT2D eigenvalue weighted by atomic mass is 16.5. The van der Waals surface area contributed by atoms with E-state index in [2.05, 4.69) is 24.1 Å². The molecular weight excluding hydrogens is 488 g/mol. The van der Waals surface area contributed by atoms with Gasteiger partial charge in [0.1, 0.15) is 12.1 Å². The van der Waals surface area contributed by atoms with E-state index in [4.69, 9.17) is 4.74 Å². The number of nitrogens with zero attached hydrogens (tertiary/aromatic N) is 3. The van der Waals surface area contributed by atoms with Crippen LogP contribution in [0.15, 0.2) is 24.3 Å². The second-order valence-corrected chi connectivity index (χ2v) is 10.6. The fourth-order valence-corrected chi connectivity index (χ4v) is 5.77. The average Bonchev–Trinajstić information content (AvgIpc) is 3.60. The molecule has 3 amide bonds. The van der Waals surface area contributed by atoms with E-state index in [1.54, 1.807) is 12.1 Å². The van der Waals surface area contributed by atoms with Crippen molar-refractivity contribution in [2.24, 2.45) is 5.92 Å². The number of fused-ring (bicyclic) bond motifs is 1. The lowest BCUT2D eigenvalue weighted by molar-refractivity contribution is -0.146. The zero-order valence-electron chi connectivity index (χ0n) is 22.6. The van der Waals surface area contributed by atoms with Crippen LogP contribution in [0.25, 0.3) is 0 Å². The number of likely N-dealkylation sites (tertiary alicyclic amines) is 2.